The van der Waals surface area contributed by atoms with Crippen LogP contribution in [0.3, 0.4) is 0 Å². The first-order chi connectivity index (χ1) is 8.38. The van der Waals surface area contributed by atoms with Crippen LogP contribution in [0.15, 0.2) is 18.2 Å². The molecule has 0 aromatic heterocycles. The molecule has 0 heterocycles. The lowest BCUT2D eigenvalue weighted by Gasteiger charge is -2.11. The Balaban J connectivity index is 3.05. The van der Waals surface area contributed by atoms with Crippen molar-refractivity contribution in [1.29, 1.82) is 5.26 Å². The molecule has 1 amide bonds. The van der Waals surface area contributed by atoms with E-state index in [1.165, 1.54) is 12.1 Å². The van der Waals surface area contributed by atoms with Crippen LogP contribution < -0.4 is 5.32 Å². The molecule has 0 unspecified atom stereocenters. The summed E-state index contributed by atoms with van der Waals surface area (Å²) in [6.07, 6.45) is -3.77. The third kappa shape index (κ3) is 3.48. The number of benzene rings is 1. The molecule has 1 aromatic rings. The molecular formula is C12H11F3N2O. The molecule has 1 aromatic carbocycles. The molecule has 0 aliphatic rings. The minimum Gasteiger partial charge on any atom is -0.326 e. The van der Waals surface area contributed by atoms with Crippen LogP contribution in [0.2, 0.25) is 0 Å². The van der Waals surface area contributed by atoms with Gasteiger partial charge in [-0.05, 0) is 24.6 Å². The summed E-state index contributed by atoms with van der Waals surface area (Å²) in [5.74, 6) is -0.352. The lowest BCUT2D eigenvalue weighted by molar-refractivity contribution is -0.137. The van der Waals surface area contributed by atoms with Crippen molar-refractivity contribution in [2.75, 3.05) is 5.32 Å². The molecule has 1 rings (SSSR count). The van der Waals surface area contributed by atoms with E-state index in [-0.39, 0.29) is 18.0 Å². The number of anilines is 1. The van der Waals surface area contributed by atoms with Gasteiger partial charge in [0.1, 0.15) is 0 Å². The number of hydrogen-bond donors (Lipinski definition) is 1. The molecule has 0 aliphatic heterocycles. The van der Waals surface area contributed by atoms with Gasteiger partial charge in [0.05, 0.1) is 17.2 Å². The summed E-state index contributed by atoms with van der Waals surface area (Å²) in [4.78, 5) is 11.3. The number of rotatable bonds is 3. The summed E-state index contributed by atoms with van der Waals surface area (Å²) in [6, 6.07) is 4.57. The Labute approximate surface area is 102 Å². The largest absolute Gasteiger partial charge is 0.417 e. The summed E-state index contributed by atoms with van der Waals surface area (Å²) in [5, 5.41) is 11.0. The summed E-state index contributed by atoms with van der Waals surface area (Å²) in [5.41, 5.74) is -1.46. The Hall–Kier alpha value is -2.03. The molecule has 0 bridgehead atoms. The van der Waals surface area contributed by atoms with Crippen molar-refractivity contribution < 1.29 is 18.0 Å². The van der Waals surface area contributed by atoms with Gasteiger partial charge in [-0.25, -0.2) is 0 Å². The zero-order valence-corrected chi connectivity index (χ0v) is 9.64. The standard InChI is InChI=1S/C12H11F3N2O/c1-2-3-11(18)17-9-5-4-8(7-16)10(6-9)12(13,14)15/h4-6H,2-3H2,1H3,(H,17,18). The zero-order chi connectivity index (χ0) is 13.8. The quantitative estimate of drug-likeness (QED) is 0.901. The van der Waals surface area contributed by atoms with Gasteiger partial charge < -0.3 is 5.32 Å². The van der Waals surface area contributed by atoms with Crippen molar-refractivity contribution in [2.45, 2.75) is 25.9 Å². The predicted octanol–water partition coefficient (Wildman–Crippen LogP) is 3.32. The Morgan fingerprint density at radius 3 is 2.61 bits per heavy atom. The fraction of sp³-hybridized carbons (Fsp3) is 0.333. The second-order valence-electron chi connectivity index (χ2n) is 3.67. The van der Waals surface area contributed by atoms with Crippen LogP contribution in [0.25, 0.3) is 0 Å². The van der Waals surface area contributed by atoms with Crippen LogP contribution in [-0.2, 0) is 11.0 Å². The highest BCUT2D eigenvalue weighted by molar-refractivity contribution is 5.90. The highest BCUT2D eigenvalue weighted by Crippen LogP contribution is 2.33. The maximum atomic E-state index is 12.6. The molecule has 96 valence electrons. The monoisotopic (exact) mass is 256 g/mol. The minimum absolute atomic E-state index is 0.0415. The molecule has 0 atom stereocenters. The second kappa shape index (κ2) is 5.54. The maximum Gasteiger partial charge on any atom is 0.417 e. The van der Waals surface area contributed by atoms with E-state index in [4.69, 9.17) is 5.26 Å². The molecule has 0 saturated carbocycles. The van der Waals surface area contributed by atoms with E-state index in [1.54, 1.807) is 6.92 Å². The summed E-state index contributed by atoms with van der Waals surface area (Å²) < 4.78 is 37.9. The molecule has 3 nitrogen and oxygen atoms in total. The Bertz CT molecular complexity index is 489. The number of nitrogens with one attached hydrogen (secondary N) is 1. The fourth-order valence-electron chi connectivity index (χ4n) is 1.40. The van der Waals surface area contributed by atoms with E-state index in [1.807, 2.05) is 0 Å². The maximum absolute atomic E-state index is 12.6. The molecule has 6 heteroatoms. The normalized spacial score (nSPS) is 10.8. The lowest BCUT2D eigenvalue weighted by Crippen LogP contribution is -2.13. The van der Waals surface area contributed by atoms with E-state index in [0.717, 1.165) is 12.1 Å². The molecule has 0 fully saturated rings. The van der Waals surface area contributed by atoms with Gasteiger partial charge in [-0.3, -0.25) is 4.79 Å². The van der Waals surface area contributed by atoms with Gasteiger partial charge in [0.2, 0.25) is 5.91 Å². The van der Waals surface area contributed by atoms with E-state index >= 15 is 0 Å². The average Bonchev–Trinajstić information content (AvgIpc) is 2.28. The fourth-order valence-corrected chi connectivity index (χ4v) is 1.40. The van der Waals surface area contributed by atoms with Crippen LogP contribution in [0.1, 0.15) is 30.9 Å². The Morgan fingerprint density at radius 1 is 1.44 bits per heavy atom. The third-order valence-corrected chi connectivity index (χ3v) is 2.21. The lowest BCUT2D eigenvalue weighted by atomic mass is 10.1. The molecule has 18 heavy (non-hydrogen) atoms. The summed E-state index contributed by atoms with van der Waals surface area (Å²) in [7, 11) is 0. The average molecular weight is 256 g/mol. The van der Waals surface area contributed by atoms with E-state index in [2.05, 4.69) is 5.32 Å². The zero-order valence-electron chi connectivity index (χ0n) is 9.64. The van der Waals surface area contributed by atoms with Crippen LogP contribution in [-0.4, -0.2) is 5.91 Å². The number of hydrogen-bond acceptors (Lipinski definition) is 2. The minimum atomic E-state index is -4.61. The first-order valence-electron chi connectivity index (χ1n) is 5.29. The van der Waals surface area contributed by atoms with Gasteiger partial charge in [0, 0.05) is 12.1 Å². The predicted molar refractivity (Wildman–Crippen MR) is 59.7 cm³/mol. The topological polar surface area (TPSA) is 52.9 Å². The molecule has 0 saturated heterocycles. The van der Waals surface area contributed by atoms with E-state index in [0.29, 0.717) is 6.42 Å². The van der Waals surface area contributed by atoms with E-state index in [9.17, 15) is 18.0 Å². The van der Waals surface area contributed by atoms with Gasteiger partial charge >= 0.3 is 6.18 Å². The number of alkyl halides is 3. The summed E-state index contributed by atoms with van der Waals surface area (Å²) >= 11 is 0. The number of carbonyl (C=O) groups excluding carboxylic acids is 1. The number of halogens is 3. The van der Waals surface area contributed by atoms with Crippen molar-refractivity contribution in [3.8, 4) is 6.07 Å². The van der Waals surface area contributed by atoms with Gasteiger partial charge in [-0.15, -0.1) is 0 Å². The molecule has 0 spiro atoms. The van der Waals surface area contributed by atoms with Crippen LogP contribution in [0.4, 0.5) is 18.9 Å². The van der Waals surface area contributed by atoms with Crippen molar-refractivity contribution >= 4 is 11.6 Å². The SMILES string of the molecule is CCCC(=O)Nc1ccc(C#N)c(C(F)(F)F)c1. The molecular weight excluding hydrogens is 245 g/mol. The molecule has 0 radical (unpaired) electrons. The van der Waals surface area contributed by atoms with Crippen LogP contribution >= 0.6 is 0 Å². The number of nitrogens with zero attached hydrogens (tertiary/aromatic N) is 1. The highest BCUT2D eigenvalue weighted by atomic mass is 19.4. The highest BCUT2D eigenvalue weighted by Gasteiger charge is 2.33. The first-order valence-corrected chi connectivity index (χ1v) is 5.29. The van der Waals surface area contributed by atoms with Crippen LogP contribution in [0, 0.1) is 11.3 Å². The third-order valence-electron chi connectivity index (χ3n) is 2.21. The van der Waals surface area contributed by atoms with Gasteiger partial charge in [0.15, 0.2) is 0 Å². The smallest absolute Gasteiger partial charge is 0.326 e. The molecule has 1 N–H and O–H groups in total. The first kappa shape index (κ1) is 14.0. The van der Waals surface area contributed by atoms with Crippen molar-refractivity contribution in [3.05, 3.63) is 29.3 Å². The van der Waals surface area contributed by atoms with Gasteiger partial charge in [0.25, 0.3) is 0 Å². The van der Waals surface area contributed by atoms with Crippen molar-refractivity contribution in [3.63, 3.8) is 0 Å². The van der Waals surface area contributed by atoms with E-state index < -0.39 is 17.3 Å². The number of nitriles is 1. The number of amides is 1. The Kier molecular flexibility index (Phi) is 4.32. The van der Waals surface area contributed by atoms with Gasteiger partial charge in [-0.1, -0.05) is 6.92 Å². The van der Waals surface area contributed by atoms with Gasteiger partial charge in [-0.2, -0.15) is 18.4 Å². The Morgan fingerprint density at radius 2 is 2.11 bits per heavy atom. The second-order valence-corrected chi connectivity index (χ2v) is 3.67. The van der Waals surface area contributed by atoms with Crippen molar-refractivity contribution in [2.24, 2.45) is 0 Å². The van der Waals surface area contributed by atoms with Crippen LogP contribution in [0.5, 0.6) is 0 Å². The van der Waals surface area contributed by atoms with Crippen molar-refractivity contribution in [1.82, 2.24) is 0 Å². The summed E-state index contributed by atoms with van der Waals surface area (Å²) in [6.45, 7) is 1.79. The number of carbonyl (C=O) groups is 1. The molecule has 0 aliphatic carbocycles.